The van der Waals surface area contributed by atoms with Crippen LogP contribution in [0.2, 0.25) is 0 Å². The predicted octanol–water partition coefficient (Wildman–Crippen LogP) is 8.81. The van der Waals surface area contributed by atoms with Crippen LogP contribution in [-0.2, 0) is 6.54 Å². The highest BCUT2D eigenvalue weighted by Gasteiger charge is 2.21. The Hall–Kier alpha value is -1.73. The van der Waals surface area contributed by atoms with Gasteiger partial charge in [-0.1, -0.05) is 91.8 Å². The van der Waals surface area contributed by atoms with Crippen LogP contribution in [0.15, 0.2) is 52.7 Å². The van der Waals surface area contributed by atoms with E-state index in [9.17, 15) is 0 Å². The summed E-state index contributed by atoms with van der Waals surface area (Å²) in [6, 6.07) is 14.7. The Kier molecular flexibility index (Phi) is 8.83. The van der Waals surface area contributed by atoms with Crippen LogP contribution in [0.1, 0.15) is 83.9 Å². The fourth-order valence-corrected chi connectivity index (χ4v) is 5.47. The molecule has 0 amide bonds. The third kappa shape index (κ3) is 6.37. The van der Waals surface area contributed by atoms with E-state index in [2.05, 4.69) is 90.8 Å². The lowest BCUT2D eigenvalue weighted by molar-refractivity contribution is 0.583. The molecule has 4 heteroatoms. The molecule has 0 aromatic heterocycles. The Balaban J connectivity index is 2.29. The molecular weight excluding hydrogens is 375 g/mol. The summed E-state index contributed by atoms with van der Waals surface area (Å²) in [5, 5.41) is 9.32. The second-order valence-electron chi connectivity index (χ2n) is 8.74. The van der Waals surface area contributed by atoms with Crippen LogP contribution in [-0.4, -0.2) is 11.3 Å². The van der Waals surface area contributed by atoms with Crippen molar-refractivity contribution in [2.24, 2.45) is 10.2 Å². The van der Waals surface area contributed by atoms with Crippen LogP contribution in [0, 0.1) is 0 Å². The monoisotopic (exact) mass is 412 g/mol. The number of nitrogens with zero attached hydrogens (tertiary/aromatic N) is 2. The highest BCUT2D eigenvalue weighted by Crippen LogP contribution is 2.48. The summed E-state index contributed by atoms with van der Waals surface area (Å²) in [5.41, 5.74) is 5.68. The molecule has 29 heavy (non-hydrogen) atoms. The van der Waals surface area contributed by atoms with Crippen molar-refractivity contribution in [2.75, 3.05) is 0 Å². The van der Waals surface area contributed by atoms with E-state index in [1.165, 1.54) is 11.1 Å². The number of hydrogen-bond donors (Lipinski definition) is 0. The molecule has 2 aromatic rings. The van der Waals surface area contributed by atoms with Gasteiger partial charge in [-0.3, -0.25) is 0 Å². The van der Waals surface area contributed by atoms with Crippen molar-refractivity contribution in [3.63, 3.8) is 0 Å². The smallest absolute Gasteiger partial charge is 0.128 e. The van der Waals surface area contributed by atoms with Gasteiger partial charge in [0.05, 0.1) is 20.4 Å². The Morgan fingerprint density at radius 1 is 0.759 bits per heavy atom. The van der Waals surface area contributed by atoms with Crippen LogP contribution in [0.25, 0.3) is 0 Å². The van der Waals surface area contributed by atoms with Crippen molar-refractivity contribution >= 4 is 13.8 Å². The van der Waals surface area contributed by atoms with Crippen LogP contribution in [0.3, 0.4) is 0 Å². The molecule has 0 atom stereocenters. The number of rotatable bonds is 9. The molecule has 0 N–H and O–H groups in total. The van der Waals surface area contributed by atoms with Gasteiger partial charge in [-0.15, -0.1) is 0 Å². The van der Waals surface area contributed by atoms with Crippen molar-refractivity contribution in [3.8, 4) is 5.75 Å². The second kappa shape index (κ2) is 10.9. The molecule has 0 aliphatic rings. The van der Waals surface area contributed by atoms with Gasteiger partial charge in [0.25, 0.3) is 0 Å². The summed E-state index contributed by atoms with van der Waals surface area (Å²) in [7, 11) is -0.530. The predicted molar refractivity (Wildman–Crippen MR) is 127 cm³/mol. The number of azo groups is 1. The van der Waals surface area contributed by atoms with Crippen molar-refractivity contribution < 1.29 is 4.52 Å². The summed E-state index contributed by atoms with van der Waals surface area (Å²) in [6.45, 7) is 18.3. The fourth-order valence-electron chi connectivity index (χ4n) is 3.45. The average Bonchev–Trinajstić information content (AvgIpc) is 2.66. The summed E-state index contributed by atoms with van der Waals surface area (Å²) < 4.78 is 6.46. The highest BCUT2D eigenvalue weighted by molar-refractivity contribution is 7.54. The van der Waals surface area contributed by atoms with Gasteiger partial charge >= 0.3 is 0 Å². The Labute approximate surface area is 178 Å². The fraction of sp³-hybridized carbons (Fsp3) is 0.520. The van der Waals surface area contributed by atoms with E-state index in [0.29, 0.717) is 29.7 Å². The lowest BCUT2D eigenvalue weighted by Gasteiger charge is -2.26. The molecule has 0 unspecified atom stereocenters. The molecule has 0 heterocycles. The molecule has 0 spiro atoms. The lowest BCUT2D eigenvalue weighted by atomic mass is 9.93. The summed E-state index contributed by atoms with van der Waals surface area (Å²) in [6.07, 6.45) is 0. The van der Waals surface area contributed by atoms with Gasteiger partial charge < -0.3 is 4.52 Å². The molecule has 158 valence electrons. The van der Waals surface area contributed by atoms with Gasteiger partial charge in [-0.05, 0) is 29.0 Å². The van der Waals surface area contributed by atoms with Crippen molar-refractivity contribution in [1.82, 2.24) is 0 Å². The summed E-state index contributed by atoms with van der Waals surface area (Å²) >= 11 is 0. The molecular formula is C25H37N2OP. The minimum absolute atomic E-state index is 0.416. The topological polar surface area (TPSA) is 34.0 Å². The van der Waals surface area contributed by atoms with Crippen LogP contribution < -0.4 is 4.52 Å². The van der Waals surface area contributed by atoms with Crippen molar-refractivity contribution in [3.05, 3.63) is 59.2 Å². The minimum atomic E-state index is -0.530. The van der Waals surface area contributed by atoms with Crippen LogP contribution in [0.5, 0.6) is 5.75 Å². The minimum Gasteiger partial charge on any atom is -0.473 e. The van der Waals surface area contributed by atoms with Gasteiger partial charge in [0.2, 0.25) is 0 Å². The molecule has 2 aromatic carbocycles. The largest absolute Gasteiger partial charge is 0.473 e. The van der Waals surface area contributed by atoms with E-state index in [4.69, 9.17) is 9.64 Å². The molecule has 0 fully saturated rings. The third-order valence-electron chi connectivity index (χ3n) is 4.95. The van der Waals surface area contributed by atoms with E-state index < -0.39 is 8.15 Å². The normalized spacial score (nSPS) is 12.3. The zero-order valence-electron chi connectivity index (χ0n) is 19.3. The molecule has 3 nitrogen and oxygen atoms in total. The lowest BCUT2D eigenvalue weighted by Crippen LogP contribution is -2.09. The first kappa shape index (κ1) is 23.5. The van der Waals surface area contributed by atoms with Crippen molar-refractivity contribution in [1.29, 1.82) is 0 Å². The molecule has 0 radical (unpaired) electrons. The van der Waals surface area contributed by atoms with Crippen LogP contribution >= 0.6 is 8.15 Å². The van der Waals surface area contributed by atoms with Gasteiger partial charge in [0.1, 0.15) is 5.75 Å². The number of para-hydroxylation sites is 1. The standard InChI is InChI=1S/C25H37N2OP/c1-17(2)22-13-11-14-23(18(3)4)25(22)27-26-16-21-12-9-10-15-24(21)28-29(19(5)6)20(7)8/h9-15,17-20H,16H2,1-8H3. The maximum atomic E-state index is 6.46. The molecule has 0 aliphatic carbocycles. The van der Waals surface area contributed by atoms with E-state index >= 15 is 0 Å². The van der Waals surface area contributed by atoms with E-state index in [1.807, 2.05) is 12.1 Å². The van der Waals surface area contributed by atoms with E-state index in [0.717, 1.165) is 17.0 Å². The SMILES string of the molecule is CC(C)c1cccc(C(C)C)c1N=NCc1ccccc1OP(C(C)C)C(C)C. The van der Waals surface area contributed by atoms with Crippen molar-refractivity contribution in [2.45, 2.75) is 85.1 Å². The Bertz CT molecular complexity index is 778. The van der Waals surface area contributed by atoms with Crippen LogP contribution in [0.4, 0.5) is 5.69 Å². The number of hydrogen-bond acceptors (Lipinski definition) is 3. The van der Waals surface area contributed by atoms with E-state index in [-0.39, 0.29) is 0 Å². The van der Waals surface area contributed by atoms with Gasteiger partial charge in [0, 0.05) is 16.9 Å². The summed E-state index contributed by atoms with van der Waals surface area (Å²) in [4.78, 5) is 0. The first-order chi connectivity index (χ1) is 13.7. The first-order valence-electron chi connectivity index (χ1n) is 10.8. The molecule has 0 bridgehead atoms. The molecule has 2 rings (SSSR count). The van der Waals surface area contributed by atoms with Gasteiger partial charge in [0.15, 0.2) is 0 Å². The number of benzene rings is 2. The average molecular weight is 413 g/mol. The van der Waals surface area contributed by atoms with Gasteiger partial charge in [-0.2, -0.15) is 10.2 Å². The maximum Gasteiger partial charge on any atom is 0.128 e. The molecule has 0 saturated heterocycles. The third-order valence-corrected chi connectivity index (χ3v) is 7.39. The zero-order chi connectivity index (χ0) is 21.6. The Morgan fingerprint density at radius 2 is 1.31 bits per heavy atom. The van der Waals surface area contributed by atoms with E-state index in [1.54, 1.807) is 0 Å². The summed E-state index contributed by atoms with van der Waals surface area (Å²) in [5.74, 6) is 1.78. The zero-order valence-corrected chi connectivity index (χ0v) is 20.2. The second-order valence-corrected chi connectivity index (χ2v) is 11.7. The maximum absolute atomic E-state index is 6.46. The highest BCUT2D eigenvalue weighted by atomic mass is 31.1. The van der Waals surface area contributed by atoms with Gasteiger partial charge in [-0.25, -0.2) is 0 Å². The quantitative estimate of drug-likeness (QED) is 0.299. The molecule has 0 aliphatic heterocycles. The Morgan fingerprint density at radius 3 is 1.83 bits per heavy atom. The molecule has 0 saturated carbocycles. The first-order valence-corrected chi connectivity index (χ1v) is 12.2.